The molecule has 0 aliphatic heterocycles. The Morgan fingerprint density at radius 2 is 2.00 bits per heavy atom. The first kappa shape index (κ1) is 16.2. The molecule has 0 fully saturated rings. The largest absolute Gasteiger partial charge is 0.369 e. The van der Waals surface area contributed by atoms with E-state index in [0.717, 1.165) is 59.0 Å². The molecule has 0 aliphatic rings. The quantitative estimate of drug-likeness (QED) is 0.721. The van der Waals surface area contributed by atoms with Crippen LogP contribution in [0.25, 0.3) is 11.5 Å². The van der Waals surface area contributed by atoms with Crippen LogP contribution in [0.5, 0.6) is 0 Å². The molecule has 0 radical (unpaired) electrons. The molecule has 0 bridgehead atoms. The van der Waals surface area contributed by atoms with Crippen LogP contribution in [0.2, 0.25) is 0 Å². The van der Waals surface area contributed by atoms with Gasteiger partial charge < -0.3 is 5.32 Å². The number of nitrogens with one attached hydrogen (secondary N) is 1. The summed E-state index contributed by atoms with van der Waals surface area (Å²) >= 11 is 2.34. The lowest BCUT2D eigenvalue weighted by Gasteiger charge is -2.12. The van der Waals surface area contributed by atoms with Gasteiger partial charge in [-0.05, 0) is 48.4 Å². The fraction of sp³-hybridized carbons (Fsp3) is 0.533. The number of hydrogen-bond donors (Lipinski definition) is 1. The lowest BCUT2D eigenvalue weighted by Crippen LogP contribution is -2.10. The summed E-state index contributed by atoms with van der Waals surface area (Å²) in [6, 6.07) is 1.99. The summed E-state index contributed by atoms with van der Waals surface area (Å²) in [6.45, 7) is 8.14. The highest BCUT2D eigenvalue weighted by Crippen LogP contribution is 2.25. The van der Waals surface area contributed by atoms with Gasteiger partial charge in [0.25, 0.3) is 0 Å². The van der Waals surface area contributed by atoms with Crippen LogP contribution in [0.4, 0.5) is 5.82 Å². The highest BCUT2D eigenvalue weighted by Gasteiger charge is 2.15. The third-order valence-corrected chi connectivity index (χ3v) is 4.27. The van der Waals surface area contributed by atoms with E-state index >= 15 is 0 Å². The molecule has 0 spiro atoms. The molecule has 2 heterocycles. The first-order valence-electron chi connectivity index (χ1n) is 7.53. The molecular formula is C15H22IN5. The third kappa shape index (κ3) is 3.72. The predicted molar refractivity (Wildman–Crippen MR) is 94.4 cm³/mol. The van der Waals surface area contributed by atoms with Crippen molar-refractivity contribution in [2.45, 2.75) is 46.6 Å². The molecule has 6 heteroatoms. The summed E-state index contributed by atoms with van der Waals surface area (Å²) in [6.07, 6.45) is 4.90. The highest BCUT2D eigenvalue weighted by atomic mass is 127. The van der Waals surface area contributed by atoms with Gasteiger partial charge in [0.15, 0.2) is 5.82 Å². The monoisotopic (exact) mass is 399 g/mol. The van der Waals surface area contributed by atoms with E-state index in [1.807, 2.05) is 16.9 Å². The third-order valence-electron chi connectivity index (χ3n) is 3.13. The van der Waals surface area contributed by atoms with Crippen molar-refractivity contribution in [2.75, 3.05) is 11.9 Å². The Morgan fingerprint density at radius 3 is 2.67 bits per heavy atom. The zero-order chi connectivity index (χ0) is 15.2. The first-order chi connectivity index (χ1) is 10.2. The van der Waals surface area contributed by atoms with Crippen LogP contribution in [0.3, 0.4) is 0 Å². The van der Waals surface area contributed by atoms with E-state index in [0.29, 0.717) is 0 Å². The molecule has 0 saturated carbocycles. The van der Waals surface area contributed by atoms with Crippen LogP contribution in [0.1, 0.15) is 39.3 Å². The predicted octanol–water partition coefficient (Wildman–Crippen LogP) is 3.74. The van der Waals surface area contributed by atoms with Gasteiger partial charge in [0.1, 0.15) is 11.5 Å². The SMILES string of the molecule is CCCc1nc(-c2ccnn2CCC)nc(NCC)c1I. The molecule has 0 amide bonds. The van der Waals surface area contributed by atoms with Crippen molar-refractivity contribution < 1.29 is 0 Å². The van der Waals surface area contributed by atoms with Gasteiger partial charge in [-0.25, -0.2) is 9.97 Å². The van der Waals surface area contributed by atoms with Gasteiger partial charge in [-0.1, -0.05) is 20.3 Å². The first-order valence-corrected chi connectivity index (χ1v) is 8.61. The molecule has 0 saturated heterocycles. The van der Waals surface area contributed by atoms with Crippen molar-refractivity contribution in [2.24, 2.45) is 0 Å². The second-order valence-corrected chi connectivity index (χ2v) is 5.96. The number of aromatic nitrogens is 4. The zero-order valence-electron chi connectivity index (χ0n) is 12.9. The maximum Gasteiger partial charge on any atom is 0.180 e. The smallest absolute Gasteiger partial charge is 0.180 e. The zero-order valence-corrected chi connectivity index (χ0v) is 15.0. The normalized spacial score (nSPS) is 10.9. The molecule has 1 N–H and O–H groups in total. The number of aryl methyl sites for hydroxylation is 2. The molecule has 114 valence electrons. The minimum absolute atomic E-state index is 0.765. The maximum absolute atomic E-state index is 4.77. The highest BCUT2D eigenvalue weighted by molar-refractivity contribution is 14.1. The Hall–Kier alpha value is -1.18. The standard InChI is InChI=1S/C15H22IN5/c1-4-7-11-13(16)15(17-6-3)20-14(19-11)12-8-9-18-21(12)10-5-2/h8-9H,4-7,10H2,1-3H3,(H,17,19,20). The van der Waals surface area contributed by atoms with E-state index < -0.39 is 0 Å². The van der Waals surface area contributed by atoms with Crippen LogP contribution in [0.15, 0.2) is 12.3 Å². The van der Waals surface area contributed by atoms with E-state index in [2.05, 4.69) is 53.8 Å². The van der Waals surface area contributed by atoms with Crippen molar-refractivity contribution in [1.82, 2.24) is 19.7 Å². The van der Waals surface area contributed by atoms with Crippen molar-refractivity contribution in [1.29, 1.82) is 0 Å². The van der Waals surface area contributed by atoms with Gasteiger partial charge in [0.05, 0.1) is 9.26 Å². The van der Waals surface area contributed by atoms with Crippen molar-refractivity contribution in [3.8, 4) is 11.5 Å². The van der Waals surface area contributed by atoms with Gasteiger partial charge in [-0.2, -0.15) is 5.10 Å². The van der Waals surface area contributed by atoms with Gasteiger partial charge in [0.2, 0.25) is 0 Å². The molecule has 2 rings (SSSR count). The molecule has 0 atom stereocenters. The maximum atomic E-state index is 4.77. The van der Waals surface area contributed by atoms with Crippen LogP contribution in [0, 0.1) is 3.57 Å². The van der Waals surface area contributed by atoms with Gasteiger partial charge >= 0.3 is 0 Å². The summed E-state index contributed by atoms with van der Waals surface area (Å²) in [5, 5.41) is 7.71. The number of nitrogens with zero attached hydrogens (tertiary/aromatic N) is 4. The van der Waals surface area contributed by atoms with Crippen LogP contribution in [-0.4, -0.2) is 26.3 Å². The van der Waals surface area contributed by atoms with Gasteiger partial charge in [-0.15, -0.1) is 0 Å². The van der Waals surface area contributed by atoms with Gasteiger partial charge in [-0.3, -0.25) is 4.68 Å². The number of rotatable bonds is 7. The topological polar surface area (TPSA) is 55.6 Å². The van der Waals surface area contributed by atoms with Crippen LogP contribution >= 0.6 is 22.6 Å². The Kier molecular flexibility index (Phi) is 5.96. The Morgan fingerprint density at radius 1 is 1.19 bits per heavy atom. The number of hydrogen-bond acceptors (Lipinski definition) is 4. The molecular weight excluding hydrogens is 377 g/mol. The summed E-state index contributed by atoms with van der Waals surface area (Å²) in [7, 11) is 0. The summed E-state index contributed by atoms with van der Waals surface area (Å²) in [5.41, 5.74) is 2.10. The fourth-order valence-electron chi connectivity index (χ4n) is 2.21. The lowest BCUT2D eigenvalue weighted by atomic mass is 10.2. The number of anilines is 1. The average molecular weight is 399 g/mol. The minimum Gasteiger partial charge on any atom is -0.369 e. The Labute approximate surface area is 139 Å². The second kappa shape index (κ2) is 7.72. The lowest BCUT2D eigenvalue weighted by molar-refractivity contribution is 0.606. The van der Waals surface area contributed by atoms with E-state index in [-0.39, 0.29) is 0 Å². The van der Waals surface area contributed by atoms with Crippen LogP contribution < -0.4 is 5.32 Å². The number of halogens is 1. The summed E-state index contributed by atoms with van der Waals surface area (Å²) in [4.78, 5) is 9.47. The summed E-state index contributed by atoms with van der Waals surface area (Å²) in [5.74, 6) is 1.69. The Bertz CT molecular complexity index is 566. The van der Waals surface area contributed by atoms with Crippen LogP contribution in [-0.2, 0) is 13.0 Å². The average Bonchev–Trinajstić information content (AvgIpc) is 2.92. The molecule has 0 unspecified atom stereocenters. The molecule has 2 aromatic heterocycles. The van der Waals surface area contributed by atoms with E-state index in [1.165, 1.54) is 0 Å². The molecule has 5 nitrogen and oxygen atoms in total. The molecule has 0 aromatic carbocycles. The Balaban J connectivity index is 2.49. The van der Waals surface area contributed by atoms with Crippen molar-refractivity contribution in [3.63, 3.8) is 0 Å². The second-order valence-electron chi connectivity index (χ2n) is 4.88. The van der Waals surface area contributed by atoms with E-state index in [4.69, 9.17) is 9.97 Å². The van der Waals surface area contributed by atoms with E-state index in [1.54, 1.807) is 0 Å². The fourth-order valence-corrected chi connectivity index (χ4v) is 2.91. The van der Waals surface area contributed by atoms with Gasteiger partial charge in [0, 0.05) is 19.3 Å². The van der Waals surface area contributed by atoms with E-state index in [9.17, 15) is 0 Å². The molecule has 21 heavy (non-hydrogen) atoms. The van der Waals surface area contributed by atoms with Crippen molar-refractivity contribution in [3.05, 3.63) is 21.5 Å². The minimum atomic E-state index is 0.765. The summed E-state index contributed by atoms with van der Waals surface area (Å²) < 4.78 is 3.11. The molecule has 2 aromatic rings. The van der Waals surface area contributed by atoms with Crippen molar-refractivity contribution >= 4 is 28.4 Å². The molecule has 0 aliphatic carbocycles.